The van der Waals surface area contributed by atoms with Crippen LogP contribution in [0.25, 0.3) is 0 Å². The van der Waals surface area contributed by atoms with Gasteiger partial charge in [0.2, 0.25) is 0 Å². The summed E-state index contributed by atoms with van der Waals surface area (Å²) in [7, 11) is 0. The predicted molar refractivity (Wildman–Crippen MR) is 111 cm³/mol. The fourth-order valence-electron chi connectivity index (χ4n) is 3.12. The molecule has 1 aliphatic heterocycles. The number of nitrogens with one attached hydrogen (secondary N) is 1. The van der Waals surface area contributed by atoms with E-state index in [-0.39, 0.29) is 5.91 Å². The summed E-state index contributed by atoms with van der Waals surface area (Å²) in [5.41, 5.74) is 1.60. The lowest BCUT2D eigenvalue weighted by atomic mass is 10.2. The Hall–Kier alpha value is -3.38. The molecule has 0 unspecified atom stereocenters. The van der Waals surface area contributed by atoms with Crippen molar-refractivity contribution >= 4 is 11.7 Å². The van der Waals surface area contributed by atoms with Crippen molar-refractivity contribution in [1.29, 1.82) is 0 Å². The van der Waals surface area contributed by atoms with Gasteiger partial charge in [0.1, 0.15) is 17.3 Å². The number of hydrogen-bond donors (Lipinski definition) is 1. The Balaban J connectivity index is 1.33. The van der Waals surface area contributed by atoms with Crippen LogP contribution >= 0.6 is 0 Å². The Bertz CT molecular complexity index is 939. The van der Waals surface area contributed by atoms with Crippen LogP contribution in [-0.4, -0.2) is 37.2 Å². The maximum Gasteiger partial charge on any atom is 0.251 e. The average molecular weight is 389 g/mol. The van der Waals surface area contributed by atoms with Gasteiger partial charge >= 0.3 is 0 Å². The van der Waals surface area contributed by atoms with Gasteiger partial charge in [-0.25, -0.2) is 4.98 Å². The highest BCUT2D eigenvalue weighted by molar-refractivity contribution is 5.94. The van der Waals surface area contributed by atoms with Crippen molar-refractivity contribution in [2.45, 2.75) is 6.54 Å². The summed E-state index contributed by atoms with van der Waals surface area (Å²) in [6.07, 6.45) is 1.78. The predicted octanol–water partition coefficient (Wildman–Crippen LogP) is 3.64. The minimum absolute atomic E-state index is 0.124. The van der Waals surface area contributed by atoms with Crippen molar-refractivity contribution in [2.75, 3.05) is 31.2 Å². The molecule has 4 rings (SSSR count). The Labute approximate surface area is 170 Å². The number of ether oxygens (including phenoxy) is 2. The van der Waals surface area contributed by atoms with Gasteiger partial charge in [-0.3, -0.25) is 4.79 Å². The summed E-state index contributed by atoms with van der Waals surface area (Å²) in [4.78, 5) is 19.1. The van der Waals surface area contributed by atoms with Gasteiger partial charge in [0.25, 0.3) is 5.91 Å². The highest BCUT2D eigenvalue weighted by atomic mass is 16.5. The number of amides is 1. The molecule has 2 heterocycles. The third-order valence-corrected chi connectivity index (χ3v) is 4.69. The van der Waals surface area contributed by atoms with E-state index in [4.69, 9.17) is 9.47 Å². The molecule has 1 aromatic heterocycles. The lowest BCUT2D eigenvalue weighted by Crippen LogP contribution is -2.36. The number of anilines is 1. The van der Waals surface area contributed by atoms with Crippen LogP contribution in [0.4, 0.5) is 5.82 Å². The first-order valence-electron chi connectivity index (χ1n) is 9.67. The molecule has 1 aliphatic rings. The summed E-state index contributed by atoms with van der Waals surface area (Å²) in [6.45, 7) is 3.54. The van der Waals surface area contributed by atoms with Crippen LogP contribution in [-0.2, 0) is 11.3 Å². The molecule has 0 saturated carbocycles. The van der Waals surface area contributed by atoms with E-state index >= 15 is 0 Å². The van der Waals surface area contributed by atoms with E-state index in [0.717, 1.165) is 30.2 Å². The minimum Gasteiger partial charge on any atom is -0.457 e. The van der Waals surface area contributed by atoms with Gasteiger partial charge in [0, 0.05) is 31.4 Å². The minimum atomic E-state index is -0.124. The SMILES string of the molecule is O=C(NCc1ccnc(N2CCOCC2)c1)c1ccc(Oc2ccccc2)cc1. The van der Waals surface area contributed by atoms with Crippen molar-refractivity contribution in [1.82, 2.24) is 10.3 Å². The molecule has 6 nitrogen and oxygen atoms in total. The number of morpholine rings is 1. The number of aromatic nitrogens is 1. The Morgan fingerprint density at radius 1 is 1.00 bits per heavy atom. The van der Waals surface area contributed by atoms with E-state index in [9.17, 15) is 4.79 Å². The quantitative estimate of drug-likeness (QED) is 0.697. The zero-order valence-electron chi connectivity index (χ0n) is 16.1. The molecule has 1 fully saturated rings. The molecule has 0 aliphatic carbocycles. The van der Waals surface area contributed by atoms with E-state index in [1.54, 1.807) is 30.5 Å². The summed E-state index contributed by atoms with van der Waals surface area (Å²) >= 11 is 0. The van der Waals surface area contributed by atoms with Crippen LogP contribution in [0.2, 0.25) is 0 Å². The standard InChI is InChI=1S/C23H23N3O3/c27-23(19-6-8-21(9-7-19)29-20-4-2-1-3-5-20)25-17-18-10-11-24-22(16-18)26-12-14-28-15-13-26/h1-11,16H,12-15,17H2,(H,25,27). The highest BCUT2D eigenvalue weighted by Crippen LogP contribution is 2.21. The molecular formula is C23H23N3O3. The second kappa shape index (κ2) is 9.21. The van der Waals surface area contributed by atoms with Gasteiger partial charge in [-0.05, 0) is 54.1 Å². The molecule has 0 spiro atoms. The molecule has 0 bridgehead atoms. The lowest BCUT2D eigenvalue weighted by molar-refractivity contribution is 0.0951. The van der Waals surface area contributed by atoms with Crippen molar-refractivity contribution < 1.29 is 14.3 Å². The number of carbonyl (C=O) groups is 1. The molecule has 0 atom stereocenters. The number of para-hydroxylation sites is 1. The lowest BCUT2D eigenvalue weighted by Gasteiger charge is -2.28. The first kappa shape index (κ1) is 19.0. The zero-order chi connectivity index (χ0) is 19.9. The van der Waals surface area contributed by atoms with Crippen molar-refractivity contribution in [2.24, 2.45) is 0 Å². The number of carbonyl (C=O) groups excluding carboxylic acids is 1. The van der Waals surface area contributed by atoms with Gasteiger partial charge in [-0.1, -0.05) is 18.2 Å². The average Bonchev–Trinajstić information content (AvgIpc) is 2.79. The van der Waals surface area contributed by atoms with Crippen LogP contribution in [0.1, 0.15) is 15.9 Å². The van der Waals surface area contributed by atoms with Crippen LogP contribution in [0.15, 0.2) is 72.9 Å². The molecule has 1 saturated heterocycles. The van der Waals surface area contributed by atoms with Gasteiger partial charge in [0.05, 0.1) is 13.2 Å². The normalized spacial score (nSPS) is 13.7. The maximum atomic E-state index is 12.5. The molecular weight excluding hydrogens is 366 g/mol. The third kappa shape index (κ3) is 5.12. The smallest absolute Gasteiger partial charge is 0.251 e. The first-order chi connectivity index (χ1) is 14.3. The summed E-state index contributed by atoms with van der Waals surface area (Å²) in [5, 5.41) is 2.96. The summed E-state index contributed by atoms with van der Waals surface area (Å²) in [5.74, 6) is 2.25. The fourth-order valence-corrected chi connectivity index (χ4v) is 3.12. The van der Waals surface area contributed by atoms with Gasteiger partial charge in [-0.15, -0.1) is 0 Å². The molecule has 2 aromatic carbocycles. The van der Waals surface area contributed by atoms with Gasteiger partial charge in [0.15, 0.2) is 0 Å². The fraction of sp³-hybridized carbons (Fsp3) is 0.217. The van der Waals surface area contributed by atoms with Gasteiger partial charge < -0.3 is 19.7 Å². The van der Waals surface area contributed by atoms with E-state index in [2.05, 4.69) is 15.2 Å². The molecule has 29 heavy (non-hydrogen) atoms. The number of hydrogen-bond acceptors (Lipinski definition) is 5. The van der Waals surface area contributed by atoms with Crippen LogP contribution in [0.3, 0.4) is 0 Å². The Morgan fingerprint density at radius 2 is 1.72 bits per heavy atom. The number of pyridine rings is 1. The second-order valence-corrected chi connectivity index (χ2v) is 6.74. The molecule has 1 N–H and O–H groups in total. The van der Waals surface area contributed by atoms with E-state index in [1.165, 1.54) is 0 Å². The van der Waals surface area contributed by atoms with Gasteiger partial charge in [-0.2, -0.15) is 0 Å². The van der Waals surface area contributed by atoms with Crippen LogP contribution in [0, 0.1) is 0 Å². The summed E-state index contributed by atoms with van der Waals surface area (Å²) < 4.78 is 11.1. The Morgan fingerprint density at radius 3 is 2.48 bits per heavy atom. The number of nitrogens with zero attached hydrogens (tertiary/aromatic N) is 2. The van der Waals surface area contributed by atoms with Crippen LogP contribution < -0.4 is 15.0 Å². The second-order valence-electron chi connectivity index (χ2n) is 6.74. The monoisotopic (exact) mass is 389 g/mol. The first-order valence-corrected chi connectivity index (χ1v) is 9.67. The van der Waals surface area contributed by atoms with E-state index in [0.29, 0.717) is 31.1 Å². The molecule has 0 radical (unpaired) electrons. The van der Waals surface area contributed by atoms with Crippen LogP contribution in [0.5, 0.6) is 11.5 Å². The number of benzene rings is 2. The zero-order valence-corrected chi connectivity index (χ0v) is 16.1. The highest BCUT2D eigenvalue weighted by Gasteiger charge is 2.13. The third-order valence-electron chi connectivity index (χ3n) is 4.69. The molecule has 3 aromatic rings. The van der Waals surface area contributed by atoms with Crippen molar-refractivity contribution in [3.8, 4) is 11.5 Å². The molecule has 6 heteroatoms. The van der Waals surface area contributed by atoms with Crippen molar-refractivity contribution in [3.63, 3.8) is 0 Å². The largest absolute Gasteiger partial charge is 0.457 e. The topological polar surface area (TPSA) is 63.7 Å². The molecule has 148 valence electrons. The molecule has 1 amide bonds. The van der Waals surface area contributed by atoms with Crippen molar-refractivity contribution in [3.05, 3.63) is 84.1 Å². The van der Waals surface area contributed by atoms with E-state index in [1.807, 2.05) is 42.5 Å². The Kier molecular flexibility index (Phi) is 6.02. The maximum absolute atomic E-state index is 12.5. The van der Waals surface area contributed by atoms with E-state index < -0.39 is 0 Å². The summed E-state index contributed by atoms with van der Waals surface area (Å²) in [6, 6.07) is 20.6. The number of rotatable bonds is 6.